The molecule has 0 saturated heterocycles. The summed E-state index contributed by atoms with van der Waals surface area (Å²) in [5.74, 6) is -0.830. The van der Waals surface area contributed by atoms with Gasteiger partial charge in [0.05, 0.1) is 5.57 Å². The van der Waals surface area contributed by atoms with Crippen molar-refractivity contribution in [2.45, 2.75) is 32.8 Å². The molecule has 2 aromatic carbocycles. The standard InChI is InChI=1S/C22H22ClNO3/c1-3-24-15(2)21(22(26)27-14-16-9-5-4-6-10-16)18(13-20(24)25)17-11-7-8-12-19(17)23/h4-12,18H,3,13-14H2,1-2H3. The lowest BCUT2D eigenvalue weighted by atomic mass is 9.83. The summed E-state index contributed by atoms with van der Waals surface area (Å²) >= 11 is 6.37. The summed E-state index contributed by atoms with van der Waals surface area (Å²) < 4.78 is 5.58. The number of esters is 1. The molecule has 2 aromatic rings. The van der Waals surface area contributed by atoms with E-state index in [-0.39, 0.29) is 18.9 Å². The van der Waals surface area contributed by atoms with Gasteiger partial charge in [-0.2, -0.15) is 0 Å². The molecule has 0 radical (unpaired) electrons. The number of benzene rings is 2. The second-order valence-corrected chi connectivity index (χ2v) is 6.88. The van der Waals surface area contributed by atoms with Gasteiger partial charge in [0.25, 0.3) is 0 Å². The minimum Gasteiger partial charge on any atom is -0.457 e. The van der Waals surface area contributed by atoms with Gasteiger partial charge in [-0.15, -0.1) is 0 Å². The smallest absolute Gasteiger partial charge is 0.336 e. The van der Waals surface area contributed by atoms with Crippen molar-refractivity contribution in [2.75, 3.05) is 6.54 Å². The molecule has 140 valence electrons. The maximum absolute atomic E-state index is 13.0. The number of halogens is 1. The summed E-state index contributed by atoms with van der Waals surface area (Å²) in [6.45, 7) is 4.38. The first-order valence-electron chi connectivity index (χ1n) is 8.99. The zero-order chi connectivity index (χ0) is 19.4. The van der Waals surface area contributed by atoms with Crippen molar-refractivity contribution in [3.05, 3.63) is 82.0 Å². The Labute approximate surface area is 164 Å². The Morgan fingerprint density at radius 1 is 1.15 bits per heavy atom. The minimum absolute atomic E-state index is 0.0143. The van der Waals surface area contributed by atoms with Crippen LogP contribution in [0.4, 0.5) is 0 Å². The van der Waals surface area contributed by atoms with Gasteiger partial charge in [-0.1, -0.05) is 60.1 Å². The number of hydrogen-bond acceptors (Lipinski definition) is 3. The van der Waals surface area contributed by atoms with Gasteiger partial charge in [-0.25, -0.2) is 4.79 Å². The van der Waals surface area contributed by atoms with E-state index in [1.807, 2.05) is 55.5 Å². The molecule has 0 N–H and O–H groups in total. The molecule has 0 spiro atoms. The van der Waals surface area contributed by atoms with Crippen LogP contribution in [-0.2, 0) is 20.9 Å². The van der Waals surface area contributed by atoms with E-state index < -0.39 is 11.9 Å². The van der Waals surface area contributed by atoms with Crippen LogP contribution < -0.4 is 0 Å². The quantitative estimate of drug-likeness (QED) is 0.703. The first kappa shape index (κ1) is 19.2. The summed E-state index contributed by atoms with van der Waals surface area (Å²) in [5, 5.41) is 0.543. The van der Waals surface area contributed by atoms with Crippen molar-refractivity contribution < 1.29 is 14.3 Å². The van der Waals surface area contributed by atoms with Gasteiger partial charge >= 0.3 is 5.97 Å². The van der Waals surface area contributed by atoms with E-state index in [0.29, 0.717) is 22.8 Å². The lowest BCUT2D eigenvalue weighted by Gasteiger charge is -2.34. The molecular weight excluding hydrogens is 362 g/mol. The Morgan fingerprint density at radius 3 is 2.48 bits per heavy atom. The van der Waals surface area contributed by atoms with Crippen LogP contribution in [-0.4, -0.2) is 23.3 Å². The van der Waals surface area contributed by atoms with E-state index in [1.54, 1.807) is 17.9 Å². The molecule has 1 aliphatic heterocycles. The van der Waals surface area contributed by atoms with Gasteiger partial charge in [0, 0.05) is 29.6 Å². The maximum atomic E-state index is 13.0. The molecule has 0 saturated carbocycles. The second kappa shape index (κ2) is 8.40. The number of carbonyl (C=O) groups excluding carboxylic acids is 2. The molecule has 1 unspecified atom stereocenters. The van der Waals surface area contributed by atoms with Crippen LogP contribution in [0.2, 0.25) is 5.02 Å². The van der Waals surface area contributed by atoms with Crippen LogP contribution in [0, 0.1) is 0 Å². The van der Waals surface area contributed by atoms with E-state index in [9.17, 15) is 9.59 Å². The van der Waals surface area contributed by atoms with E-state index >= 15 is 0 Å². The minimum atomic E-state index is -0.410. The predicted octanol–water partition coefficient (Wildman–Crippen LogP) is 4.69. The number of hydrogen-bond donors (Lipinski definition) is 0. The fourth-order valence-corrected chi connectivity index (χ4v) is 3.77. The van der Waals surface area contributed by atoms with E-state index in [4.69, 9.17) is 16.3 Å². The van der Waals surface area contributed by atoms with Gasteiger partial charge in [0.2, 0.25) is 5.91 Å². The molecule has 1 aliphatic rings. The van der Waals surface area contributed by atoms with Crippen molar-refractivity contribution in [3.8, 4) is 0 Å². The van der Waals surface area contributed by atoms with Crippen molar-refractivity contribution >= 4 is 23.5 Å². The van der Waals surface area contributed by atoms with Gasteiger partial charge in [-0.05, 0) is 31.0 Å². The van der Waals surface area contributed by atoms with Gasteiger partial charge < -0.3 is 9.64 Å². The van der Waals surface area contributed by atoms with E-state index in [2.05, 4.69) is 0 Å². The molecule has 1 atom stereocenters. The van der Waals surface area contributed by atoms with Crippen LogP contribution in [0.3, 0.4) is 0 Å². The first-order valence-corrected chi connectivity index (χ1v) is 9.37. The molecule has 0 aromatic heterocycles. The normalized spacial score (nSPS) is 17.2. The van der Waals surface area contributed by atoms with Crippen molar-refractivity contribution in [1.82, 2.24) is 4.90 Å². The van der Waals surface area contributed by atoms with Crippen molar-refractivity contribution in [2.24, 2.45) is 0 Å². The van der Waals surface area contributed by atoms with Gasteiger partial charge in [0.15, 0.2) is 0 Å². The summed E-state index contributed by atoms with van der Waals surface area (Å²) in [5.41, 5.74) is 2.82. The highest BCUT2D eigenvalue weighted by atomic mass is 35.5. The third-order valence-corrected chi connectivity index (χ3v) is 5.20. The highest BCUT2D eigenvalue weighted by Gasteiger charge is 2.37. The molecule has 0 aliphatic carbocycles. The lowest BCUT2D eigenvalue weighted by molar-refractivity contribution is -0.141. The van der Waals surface area contributed by atoms with Crippen LogP contribution in [0.25, 0.3) is 0 Å². The largest absolute Gasteiger partial charge is 0.457 e. The third kappa shape index (κ3) is 4.06. The number of ether oxygens (including phenoxy) is 1. The average Bonchev–Trinajstić information content (AvgIpc) is 2.67. The Balaban J connectivity index is 1.95. The Morgan fingerprint density at radius 2 is 1.81 bits per heavy atom. The molecule has 0 fully saturated rings. The highest BCUT2D eigenvalue weighted by Crippen LogP contribution is 2.39. The van der Waals surface area contributed by atoms with Crippen molar-refractivity contribution in [3.63, 3.8) is 0 Å². The van der Waals surface area contributed by atoms with Crippen LogP contribution in [0.5, 0.6) is 0 Å². The van der Waals surface area contributed by atoms with E-state index in [1.165, 1.54) is 0 Å². The predicted molar refractivity (Wildman–Crippen MR) is 105 cm³/mol. The second-order valence-electron chi connectivity index (χ2n) is 6.48. The highest BCUT2D eigenvalue weighted by molar-refractivity contribution is 6.31. The van der Waals surface area contributed by atoms with Crippen LogP contribution in [0.15, 0.2) is 65.9 Å². The number of allylic oxidation sites excluding steroid dienone is 1. The first-order chi connectivity index (χ1) is 13.0. The summed E-state index contributed by atoms with van der Waals surface area (Å²) in [4.78, 5) is 27.2. The average molecular weight is 384 g/mol. The van der Waals surface area contributed by atoms with Crippen molar-refractivity contribution in [1.29, 1.82) is 0 Å². The molecule has 1 heterocycles. The Bertz CT molecular complexity index is 876. The maximum Gasteiger partial charge on any atom is 0.336 e. The monoisotopic (exact) mass is 383 g/mol. The van der Waals surface area contributed by atoms with Crippen LogP contribution >= 0.6 is 11.6 Å². The number of amides is 1. The summed E-state index contributed by atoms with van der Waals surface area (Å²) in [6.07, 6.45) is 0.199. The molecular formula is C22H22ClNO3. The number of carbonyl (C=O) groups is 2. The molecule has 1 amide bonds. The zero-order valence-corrected chi connectivity index (χ0v) is 16.2. The molecule has 0 bridgehead atoms. The molecule has 4 nitrogen and oxygen atoms in total. The molecule has 3 rings (SSSR count). The van der Waals surface area contributed by atoms with Gasteiger partial charge in [0.1, 0.15) is 6.61 Å². The fourth-order valence-electron chi connectivity index (χ4n) is 3.50. The summed E-state index contributed by atoms with van der Waals surface area (Å²) in [6, 6.07) is 16.9. The molecule has 27 heavy (non-hydrogen) atoms. The fraction of sp³-hybridized carbons (Fsp3) is 0.273. The topological polar surface area (TPSA) is 46.6 Å². The number of nitrogens with zero attached hydrogens (tertiary/aromatic N) is 1. The SMILES string of the molecule is CCN1C(=O)CC(c2ccccc2Cl)C(C(=O)OCc2ccccc2)=C1C. The third-order valence-electron chi connectivity index (χ3n) is 4.85. The Kier molecular flexibility index (Phi) is 5.97. The molecule has 5 heteroatoms. The summed E-state index contributed by atoms with van der Waals surface area (Å²) in [7, 11) is 0. The van der Waals surface area contributed by atoms with Crippen LogP contribution in [0.1, 0.15) is 37.3 Å². The van der Waals surface area contributed by atoms with E-state index in [0.717, 1.165) is 11.1 Å². The lowest BCUT2D eigenvalue weighted by Crippen LogP contribution is -2.38. The Hall–Kier alpha value is -2.59. The number of rotatable bonds is 5. The van der Waals surface area contributed by atoms with Gasteiger partial charge in [-0.3, -0.25) is 4.79 Å². The zero-order valence-electron chi connectivity index (χ0n) is 15.4.